The normalized spacial score (nSPS) is 13.6. The topological polar surface area (TPSA) is 140 Å². The van der Waals surface area contributed by atoms with Gasteiger partial charge in [0.25, 0.3) is 0 Å². The second kappa shape index (κ2) is 14.5. The molecule has 10 nitrogen and oxygen atoms in total. The quantitative estimate of drug-likeness (QED) is 0.255. The molecular weight excluding hydrogens is 518 g/mol. The van der Waals surface area contributed by atoms with Crippen molar-refractivity contribution in [3.63, 3.8) is 0 Å². The first-order valence-electron chi connectivity index (χ1n) is 13.6. The first-order chi connectivity index (χ1) is 18.2. The molecule has 0 heterocycles. The minimum absolute atomic E-state index is 0.0564. The summed E-state index contributed by atoms with van der Waals surface area (Å²) in [6.07, 6.45) is -0.623. The molecule has 1 aromatic carbocycles. The highest BCUT2D eigenvalue weighted by molar-refractivity contribution is 5.78. The molecule has 0 bridgehead atoms. The van der Waals surface area contributed by atoms with Gasteiger partial charge >= 0.3 is 24.1 Å². The second-order valence-corrected chi connectivity index (χ2v) is 13.0. The van der Waals surface area contributed by atoms with E-state index in [1.165, 1.54) is 12.1 Å². The second-order valence-electron chi connectivity index (χ2n) is 13.0. The number of hydrogen-bond donors (Lipinski definition) is 1. The van der Waals surface area contributed by atoms with E-state index in [2.05, 4.69) is 0 Å². The molecule has 1 rings (SSSR count). The first kappa shape index (κ1) is 34.9. The van der Waals surface area contributed by atoms with Gasteiger partial charge in [-0.25, -0.2) is 4.79 Å². The van der Waals surface area contributed by atoms with Crippen molar-refractivity contribution in [2.24, 2.45) is 16.6 Å². The van der Waals surface area contributed by atoms with Crippen molar-refractivity contribution in [2.75, 3.05) is 6.61 Å². The summed E-state index contributed by atoms with van der Waals surface area (Å²) < 4.78 is 26.6. The molecule has 10 heteroatoms. The molecular formula is C30H47NO9. The lowest BCUT2D eigenvalue weighted by Gasteiger charge is -2.24. The average Bonchev–Trinajstić information content (AvgIpc) is 2.76. The number of carbonyl (C=O) groups is 4. The van der Waals surface area contributed by atoms with E-state index in [1.54, 1.807) is 26.8 Å². The highest BCUT2D eigenvalue weighted by Crippen LogP contribution is 2.32. The largest absolute Gasteiger partial charge is 0.509 e. The zero-order valence-electron chi connectivity index (χ0n) is 25.7. The summed E-state index contributed by atoms with van der Waals surface area (Å²) in [7, 11) is 0. The molecule has 0 aromatic heterocycles. The van der Waals surface area contributed by atoms with Crippen molar-refractivity contribution >= 4 is 24.1 Å². The Hall–Kier alpha value is -3.14. The van der Waals surface area contributed by atoms with Gasteiger partial charge in [-0.05, 0) is 62.1 Å². The van der Waals surface area contributed by atoms with Crippen LogP contribution in [0.3, 0.4) is 0 Å². The Morgan fingerprint density at radius 3 is 1.88 bits per heavy atom. The van der Waals surface area contributed by atoms with Crippen LogP contribution in [-0.4, -0.2) is 48.4 Å². The standard InChI is InChI=1S/C30H47NO9/c1-11-30(9,10)40-27(35)37-19(2)18-36-26(34)21(31)14-20-12-13-22(38-24(32)16-28(3,4)5)23(15-20)39-25(33)17-29(6,7)8/h12-13,15,19,21H,11,14,16-18,31H2,1-10H3/t19-,21-/m0/s1. The molecule has 2 N–H and O–H groups in total. The van der Waals surface area contributed by atoms with Crippen LogP contribution >= 0.6 is 0 Å². The van der Waals surface area contributed by atoms with Crippen LogP contribution in [-0.2, 0) is 35.0 Å². The molecule has 0 aliphatic rings. The van der Waals surface area contributed by atoms with Crippen molar-refractivity contribution in [3.8, 4) is 11.5 Å². The molecule has 226 valence electrons. The molecule has 0 aliphatic heterocycles. The maximum Gasteiger partial charge on any atom is 0.509 e. The third kappa shape index (κ3) is 14.3. The van der Waals surface area contributed by atoms with E-state index in [0.717, 1.165) is 0 Å². The van der Waals surface area contributed by atoms with E-state index < -0.39 is 41.8 Å². The van der Waals surface area contributed by atoms with E-state index in [4.69, 9.17) is 29.4 Å². The van der Waals surface area contributed by atoms with Crippen molar-refractivity contribution in [2.45, 2.75) is 113 Å². The molecule has 0 fully saturated rings. The molecule has 0 saturated heterocycles. The molecule has 40 heavy (non-hydrogen) atoms. The predicted octanol–water partition coefficient (Wildman–Crippen LogP) is 5.51. The van der Waals surface area contributed by atoms with Gasteiger partial charge in [0.1, 0.15) is 24.4 Å². The highest BCUT2D eigenvalue weighted by atomic mass is 16.7. The Kier molecular flexibility index (Phi) is 12.6. The molecule has 0 aliphatic carbocycles. The number of hydrogen-bond acceptors (Lipinski definition) is 10. The van der Waals surface area contributed by atoms with Crippen LogP contribution in [0.4, 0.5) is 4.79 Å². The fraction of sp³-hybridized carbons (Fsp3) is 0.667. The Labute approximate surface area is 238 Å². The van der Waals surface area contributed by atoms with Gasteiger partial charge in [0.05, 0.1) is 12.8 Å². The van der Waals surface area contributed by atoms with Gasteiger partial charge in [-0.3, -0.25) is 14.4 Å². The fourth-order valence-corrected chi connectivity index (χ4v) is 3.19. The number of nitrogens with two attached hydrogens (primary N) is 1. The lowest BCUT2D eigenvalue weighted by molar-refractivity contribution is -0.148. The summed E-state index contributed by atoms with van der Waals surface area (Å²) in [6, 6.07) is 3.61. The van der Waals surface area contributed by atoms with E-state index in [-0.39, 0.29) is 48.2 Å². The lowest BCUT2D eigenvalue weighted by Crippen LogP contribution is -2.36. The zero-order valence-corrected chi connectivity index (χ0v) is 25.7. The number of ether oxygens (including phenoxy) is 5. The van der Waals surface area contributed by atoms with Crippen molar-refractivity contribution in [1.82, 2.24) is 0 Å². The number of rotatable bonds is 12. The van der Waals surface area contributed by atoms with Crippen LogP contribution in [0.15, 0.2) is 18.2 Å². The van der Waals surface area contributed by atoms with Gasteiger partial charge in [-0.1, -0.05) is 54.5 Å². The van der Waals surface area contributed by atoms with Crippen LogP contribution in [0, 0.1) is 10.8 Å². The van der Waals surface area contributed by atoms with Crippen molar-refractivity contribution < 1.29 is 42.9 Å². The van der Waals surface area contributed by atoms with E-state index in [9.17, 15) is 19.2 Å². The minimum Gasteiger partial charge on any atom is -0.461 e. The predicted molar refractivity (Wildman–Crippen MR) is 150 cm³/mol. The summed E-state index contributed by atoms with van der Waals surface area (Å²) in [5, 5.41) is 0. The highest BCUT2D eigenvalue weighted by Gasteiger charge is 2.25. The summed E-state index contributed by atoms with van der Waals surface area (Å²) >= 11 is 0. The van der Waals surface area contributed by atoms with Crippen LogP contribution < -0.4 is 15.2 Å². The molecule has 0 spiro atoms. The van der Waals surface area contributed by atoms with Gasteiger partial charge in [0.2, 0.25) is 0 Å². The lowest BCUT2D eigenvalue weighted by atomic mass is 9.92. The van der Waals surface area contributed by atoms with Crippen LogP contribution in [0.25, 0.3) is 0 Å². The van der Waals surface area contributed by atoms with Crippen LogP contribution in [0.5, 0.6) is 11.5 Å². The maximum atomic E-state index is 12.5. The average molecular weight is 566 g/mol. The molecule has 0 radical (unpaired) electrons. The monoisotopic (exact) mass is 565 g/mol. The van der Waals surface area contributed by atoms with Crippen LogP contribution in [0.1, 0.15) is 94.1 Å². The van der Waals surface area contributed by atoms with Gasteiger partial charge in [-0.2, -0.15) is 0 Å². The van der Waals surface area contributed by atoms with Gasteiger partial charge < -0.3 is 29.4 Å². The van der Waals surface area contributed by atoms with Crippen molar-refractivity contribution in [3.05, 3.63) is 23.8 Å². The summed E-state index contributed by atoms with van der Waals surface area (Å²) in [4.78, 5) is 49.4. The molecule has 0 unspecified atom stereocenters. The van der Waals surface area contributed by atoms with Crippen molar-refractivity contribution in [1.29, 1.82) is 0 Å². The van der Waals surface area contributed by atoms with E-state index in [1.807, 2.05) is 48.5 Å². The summed E-state index contributed by atoms with van der Waals surface area (Å²) in [6.45, 7) is 18.2. The smallest absolute Gasteiger partial charge is 0.461 e. The summed E-state index contributed by atoms with van der Waals surface area (Å²) in [5.74, 6) is -1.50. The van der Waals surface area contributed by atoms with E-state index >= 15 is 0 Å². The summed E-state index contributed by atoms with van der Waals surface area (Å²) in [5.41, 5.74) is 5.35. The number of carbonyl (C=O) groups excluding carboxylic acids is 4. The molecule has 2 atom stereocenters. The van der Waals surface area contributed by atoms with E-state index in [0.29, 0.717) is 12.0 Å². The third-order valence-corrected chi connectivity index (χ3v) is 5.53. The fourth-order valence-electron chi connectivity index (χ4n) is 3.19. The Balaban J connectivity index is 2.89. The minimum atomic E-state index is -1.05. The Morgan fingerprint density at radius 1 is 0.850 bits per heavy atom. The van der Waals surface area contributed by atoms with Gasteiger partial charge in [0, 0.05) is 0 Å². The zero-order chi connectivity index (χ0) is 30.9. The molecule has 0 saturated carbocycles. The first-order valence-corrected chi connectivity index (χ1v) is 13.6. The Bertz CT molecular complexity index is 1030. The molecule has 0 amide bonds. The number of esters is 3. The Morgan fingerprint density at radius 2 is 1.38 bits per heavy atom. The number of benzene rings is 1. The van der Waals surface area contributed by atoms with Gasteiger partial charge in [0.15, 0.2) is 11.5 Å². The SMILES string of the molecule is CCC(C)(C)OC(=O)O[C@@H](C)COC(=O)[C@@H](N)Cc1ccc(OC(=O)CC(C)(C)C)c(OC(=O)CC(C)(C)C)c1. The molecule has 1 aromatic rings. The van der Waals surface area contributed by atoms with Gasteiger partial charge in [-0.15, -0.1) is 0 Å². The van der Waals surface area contributed by atoms with Crippen LogP contribution in [0.2, 0.25) is 0 Å². The maximum absolute atomic E-state index is 12.5. The third-order valence-electron chi connectivity index (χ3n) is 5.53.